The molecule has 190 valence electrons. The molecular weight excluding hydrogens is 472 g/mol. The third-order valence-electron chi connectivity index (χ3n) is 6.02. The van der Waals surface area contributed by atoms with Crippen molar-refractivity contribution in [3.63, 3.8) is 0 Å². The molecule has 0 bridgehead atoms. The van der Waals surface area contributed by atoms with Gasteiger partial charge in [-0.05, 0) is 53.8 Å². The van der Waals surface area contributed by atoms with Gasteiger partial charge in [0.25, 0.3) is 0 Å². The molecule has 0 radical (unpaired) electrons. The average Bonchev–Trinajstić information content (AvgIpc) is 3.24. The topological polar surface area (TPSA) is 78.3 Å². The number of hydrogen-bond donors (Lipinski definition) is 1. The van der Waals surface area contributed by atoms with E-state index < -0.39 is 6.04 Å². The lowest BCUT2D eigenvalue weighted by Crippen LogP contribution is -2.29. The summed E-state index contributed by atoms with van der Waals surface area (Å²) >= 11 is 1.56. The van der Waals surface area contributed by atoms with Crippen LogP contribution in [0.5, 0.6) is 5.75 Å². The van der Waals surface area contributed by atoms with Crippen molar-refractivity contribution < 1.29 is 14.3 Å². The number of nitrogens with zero attached hydrogens (tertiary/aromatic N) is 3. The average molecular weight is 507 g/mol. The van der Waals surface area contributed by atoms with Crippen LogP contribution in [-0.4, -0.2) is 33.1 Å². The van der Waals surface area contributed by atoms with E-state index in [2.05, 4.69) is 67.4 Å². The first-order valence-electron chi connectivity index (χ1n) is 12.3. The van der Waals surface area contributed by atoms with Gasteiger partial charge in [-0.15, -0.1) is 5.10 Å². The molecule has 0 amide bonds. The van der Waals surface area contributed by atoms with E-state index >= 15 is 0 Å². The van der Waals surface area contributed by atoms with Crippen molar-refractivity contribution >= 4 is 23.7 Å². The summed E-state index contributed by atoms with van der Waals surface area (Å²) in [5.41, 5.74) is 4.67. The fourth-order valence-electron chi connectivity index (χ4n) is 4.12. The number of fused-ring (bicyclic) bond motifs is 1. The van der Waals surface area contributed by atoms with Crippen LogP contribution in [0.3, 0.4) is 0 Å². The number of ether oxygens (including phenoxy) is 2. The molecule has 1 atom stereocenters. The van der Waals surface area contributed by atoms with Gasteiger partial charge < -0.3 is 14.8 Å². The molecule has 1 aliphatic heterocycles. The van der Waals surface area contributed by atoms with Crippen LogP contribution in [0.4, 0.5) is 5.95 Å². The van der Waals surface area contributed by atoms with Gasteiger partial charge in [0.2, 0.25) is 11.1 Å². The molecule has 2 heterocycles. The number of thioether (sulfide) groups is 1. The number of esters is 1. The number of benzene rings is 2. The van der Waals surface area contributed by atoms with Gasteiger partial charge in [0.15, 0.2) is 0 Å². The Hall–Kier alpha value is -3.26. The Morgan fingerprint density at radius 1 is 1.08 bits per heavy atom. The van der Waals surface area contributed by atoms with E-state index in [1.807, 2.05) is 31.2 Å². The Labute approximate surface area is 217 Å². The van der Waals surface area contributed by atoms with E-state index in [1.165, 1.54) is 5.56 Å². The maximum Gasteiger partial charge on any atom is 0.338 e. The fraction of sp³-hybridized carbons (Fsp3) is 0.393. The lowest BCUT2D eigenvalue weighted by molar-refractivity contribution is -0.139. The summed E-state index contributed by atoms with van der Waals surface area (Å²) in [4.78, 5) is 17.5. The van der Waals surface area contributed by atoms with E-state index in [0.29, 0.717) is 35.6 Å². The van der Waals surface area contributed by atoms with E-state index in [0.717, 1.165) is 22.6 Å². The molecule has 1 aliphatic rings. The molecule has 0 saturated heterocycles. The van der Waals surface area contributed by atoms with Gasteiger partial charge in [0.1, 0.15) is 18.4 Å². The van der Waals surface area contributed by atoms with E-state index in [9.17, 15) is 4.79 Å². The number of rotatable bonds is 8. The Morgan fingerprint density at radius 2 is 1.78 bits per heavy atom. The summed E-state index contributed by atoms with van der Waals surface area (Å²) in [5.74, 6) is 1.86. The lowest BCUT2D eigenvalue weighted by Gasteiger charge is -2.28. The first-order chi connectivity index (χ1) is 17.2. The van der Waals surface area contributed by atoms with E-state index in [4.69, 9.17) is 9.47 Å². The Bertz CT molecular complexity index is 1240. The van der Waals surface area contributed by atoms with Gasteiger partial charge in [0, 0.05) is 5.70 Å². The van der Waals surface area contributed by atoms with Crippen molar-refractivity contribution in [2.75, 3.05) is 17.7 Å². The number of anilines is 1. The molecule has 0 aliphatic carbocycles. The third-order valence-corrected chi connectivity index (χ3v) is 6.74. The van der Waals surface area contributed by atoms with Gasteiger partial charge in [-0.1, -0.05) is 75.9 Å². The summed E-state index contributed by atoms with van der Waals surface area (Å²) in [7, 11) is 0. The summed E-state index contributed by atoms with van der Waals surface area (Å²) in [6.07, 6.45) is 0. The van der Waals surface area contributed by atoms with Gasteiger partial charge in [-0.3, -0.25) is 0 Å². The minimum atomic E-state index is -0.446. The van der Waals surface area contributed by atoms with Crippen LogP contribution >= 0.6 is 11.8 Å². The lowest BCUT2D eigenvalue weighted by atomic mass is 9.87. The van der Waals surface area contributed by atoms with Crippen LogP contribution in [0, 0.1) is 0 Å². The number of hydrogen-bond acceptors (Lipinski definition) is 7. The minimum Gasteiger partial charge on any atom is -0.489 e. The molecule has 0 saturated carbocycles. The molecule has 1 unspecified atom stereocenters. The molecule has 2 aromatic carbocycles. The maximum atomic E-state index is 12.9. The first kappa shape index (κ1) is 25.8. The molecular formula is C28H34N4O3S. The van der Waals surface area contributed by atoms with E-state index in [-0.39, 0.29) is 11.4 Å². The smallest absolute Gasteiger partial charge is 0.338 e. The second kappa shape index (κ2) is 10.8. The van der Waals surface area contributed by atoms with Crippen LogP contribution in [0.15, 0.2) is 65.0 Å². The van der Waals surface area contributed by atoms with E-state index in [1.54, 1.807) is 23.4 Å². The van der Waals surface area contributed by atoms with Crippen molar-refractivity contribution in [1.82, 2.24) is 14.8 Å². The highest BCUT2D eigenvalue weighted by Crippen LogP contribution is 2.37. The molecule has 4 rings (SSSR count). The minimum absolute atomic E-state index is 0.124. The zero-order valence-corrected chi connectivity index (χ0v) is 22.6. The molecule has 1 N–H and O–H groups in total. The zero-order chi connectivity index (χ0) is 25.9. The van der Waals surface area contributed by atoms with Gasteiger partial charge in [-0.25, -0.2) is 9.48 Å². The van der Waals surface area contributed by atoms with Crippen LogP contribution < -0.4 is 10.1 Å². The summed E-state index contributed by atoms with van der Waals surface area (Å²) in [6.45, 7) is 13.1. The van der Waals surface area contributed by atoms with Crippen molar-refractivity contribution in [2.45, 2.75) is 64.8 Å². The van der Waals surface area contributed by atoms with Crippen molar-refractivity contribution in [3.8, 4) is 5.75 Å². The maximum absolute atomic E-state index is 12.9. The Balaban J connectivity index is 1.57. The highest BCUT2D eigenvalue weighted by molar-refractivity contribution is 7.99. The number of nitrogens with one attached hydrogen (secondary N) is 1. The monoisotopic (exact) mass is 506 g/mol. The molecule has 7 nitrogen and oxygen atoms in total. The van der Waals surface area contributed by atoms with Crippen LogP contribution in [0.1, 0.15) is 64.3 Å². The normalized spacial score (nSPS) is 15.3. The molecule has 0 spiro atoms. The molecule has 3 aromatic rings. The Morgan fingerprint density at radius 3 is 2.39 bits per heavy atom. The number of allylic oxidation sites excluding steroid dienone is 1. The van der Waals surface area contributed by atoms with Crippen LogP contribution in [0.25, 0.3) is 0 Å². The quantitative estimate of drug-likeness (QED) is 0.291. The first-order valence-corrected chi connectivity index (χ1v) is 13.3. The predicted molar refractivity (Wildman–Crippen MR) is 143 cm³/mol. The number of aromatic nitrogens is 3. The van der Waals surface area contributed by atoms with Crippen molar-refractivity contribution in [3.05, 3.63) is 76.5 Å². The van der Waals surface area contributed by atoms with Crippen LogP contribution in [-0.2, 0) is 21.6 Å². The standard InChI is InChI=1S/C28H34N4O3S/c1-7-34-25(33)23-18(3)29-26-30-27(36-8-2)31-32(26)24(23)20-11-15-22(16-12-20)35-17-19-9-13-21(14-10-19)28(4,5)6/h9-16,24H,7-8,17H2,1-6H3,(H,29,30,31). The Kier molecular flexibility index (Phi) is 7.73. The van der Waals surface area contributed by atoms with Gasteiger partial charge >= 0.3 is 5.97 Å². The molecule has 1 aromatic heterocycles. The van der Waals surface area contributed by atoms with Crippen molar-refractivity contribution in [1.29, 1.82) is 0 Å². The molecule has 8 heteroatoms. The van der Waals surface area contributed by atoms with Gasteiger partial charge in [0.05, 0.1) is 12.2 Å². The summed E-state index contributed by atoms with van der Waals surface area (Å²) in [5, 5.41) is 8.57. The summed E-state index contributed by atoms with van der Waals surface area (Å²) < 4.78 is 13.2. The third kappa shape index (κ3) is 5.59. The SMILES string of the molecule is CCOC(=O)C1=C(C)Nc2nc(SCC)nn2C1c1ccc(OCc2ccc(C(C)(C)C)cc2)cc1. The molecule has 36 heavy (non-hydrogen) atoms. The fourth-order valence-corrected chi connectivity index (χ4v) is 4.67. The number of carbonyl (C=O) groups is 1. The molecule has 0 fully saturated rings. The van der Waals surface area contributed by atoms with Gasteiger partial charge in [-0.2, -0.15) is 4.98 Å². The largest absolute Gasteiger partial charge is 0.489 e. The highest BCUT2D eigenvalue weighted by Gasteiger charge is 2.35. The number of carbonyl (C=O) groups excluding carboxylic acids is 1. The van der Waals surface area contributed by atoms with Crippen LogP contribution in [0.2, 0.25) is 0 Å². The zero-order valence-electron chi connectivity index (χ0n) is 21.8. The second-order valence-corrected chi connectivity index (χ2v) is 10.9. The second-order valence-electron chi connectivity index (χ2n) is 9.69. The highest BCUT2D eigenvalue weighted by atomic mass is 32.2. The predicted octanol–water partition coefficient (Wildman–Crippen LogP) is 6.12. The van der Waals surface area contributed by atoms with Crippen molar-refractivity contribution in [2.24, 2.45) is 0 Å². The summed E-state index contributed by atoms with van der Waals surface area (Å²) in [6, 6.07) is 15.9.